The molecule has 9 heteroatoms. The summed E-state index contributed by atoms with van der Waals surface area (Å²) in [5.74, 6) is -1.43. The molecule has 1 unspecified atom stereocenters. The van der Waals surface area contributed by atoms with E-state index in [2.05, 4.69) is 10.3 Å². The number of rotatable bonds is 7. The Morgan fingerprint density at radius 1 is 1.26 bits per heavy atom. The first-order chi connectivity index (χ1) is 14.7. The van der Waals surface area contributed by atoms with Crippen LogP contribution >= 0.6 is 0 Å². The zero-order valence-corrected chi connectivity index (χ0v) is 18.1. The molecule has 0 aliphatic carbocycles. The van der Waals surface area contributed by atoms with Crippen LogP contribution < -0.4 is 27.2 Å². The average molecular weight is 428 g/mol. The van der Waals surface area contributed by atoms with Crippen molar-refractivity contribution in [1.82, 2.24) is 9.55 Å². The molecular weight excluding hydrogens is 398 g/mol. The van der Waals surface area contributed by atoms with Crippen LogP contribution in [0.15, 0.2) is 33.9 Å². The third-order valence-corrected chi connectivity index (χ3v) is 5.33. The fourth-order valence-corrected chi connectivity index (χ4v) is 3.85. The number of amides is 2. The number of carbonyl (C=O) groups excluding carboxylic acids is 2. The number of carbonyl (C=O) groups is 2. The van der Waals surface area contributed by atoms with Crippen LogP contribution in [0.1, 0.15) is 51.5 Å². The molecule has 3 rings (SSSR count). The number of nitrogens with zero attached hydrogens (tertiary/aromatic N) is 2. The summed E-state index contributed by atoms with van der Waals surface area (Å²) in [6.45, 7) is 6.37. The molecule has 0 radical (unpaired) electrons. The van der Waals surface area contributed by atoms with Gasteiger partial charge >= 0.3 is 5.69 Å². The molecule has 0 spiro atoms. The zero-order valence-electron chi connectivity index (χ0n) is 18.1. The molecule has 1 aliphatic heterocycles. The lowest BCUT2D eigenvalue weighted by Crippen LogP contribution is -2.45. The molecule has 2 heterocycles. The van der Waals surface area contributed by atoms with Gasteiger partial charge in [0, 0.05) is 25.2 Å². The van der Waals surface area contributed by atoms with Crippen LogP contribution in [-0.2, 0) is 16.1 Å². The number of para-hydroxylation sites is 1. The number of fused-ring (bicyclic) bond motifs is 1. The molecule has 1 aromatic heterocycles. The van der Waals surface area contributed by atoms with Gasteiger partial charge in [-0.25, -0.2) is 4.79 Å². The number of nitrogens with two attached hydrogens (primary N) is 1. The van der Waals surface area contributed by atoms with Gasteiger partial charge in [-0.05, 0) is 24.0 Å². The minimum atomic E-state index is -0.751. The van der Waals surface area contributed by atoms with Crippen molar-refractivity contribution in [2.24, 2.45) is 5.92 Å². The fraction of sp³-hybridized carbons (Fsp3) is 0.455. The lowest BCUT2D eigenvalue weighted by Gasteiger charge is -2.32. The van der Waals surface area contributed by atoms with Gasteiger partial charge in [0.25, 0.3) is 5.56 Å². The standard InChI is InChI=1S/C22H29N5O4/c1-4-5-10-26-19(23)18(20(29)25-22(26)31)27(12-13(2)3)21(30)15-11-17(28)24-16-9-7-6-8-14(15)16/h6-9,13,15H,4-5,10-12,23H2,1-3H3,(H,24,28)(H,25,29,31). The van der Waals surface area contributed by atoms with E-state index in [0.29, 0.717) is 24.2 Å². The van der Waals surface area contributed by atoms with Crippen molar-refractivity contribution in [2.75, 3.05) is 22.5 Å². The SMILES string of the molecule is CCCCn1c(N)c(N(CC(C)C)C(=O)C2CC(=O)Nc3ccccc32)c(=O)[nH]c1=O. The quantitative estimate of drug-likeness (QED) is 0.622. The predicted molar refractivity (Wildman–Crippen MR) is 120 cm³/mol. The third-order valence-electron chi connectivity index (χ3n) is 5.33. The highest BCUT2D eigenvalue weighted by atomic mass is 16.2. The van der Waals surface area contributed by atoms with Gasteiger partial charge in [0.1, 0.15) is 5.82 Å². The maximum absolute atomic E-state index is 13.7. The Kier molecular flexibility index (Phi) is 6.62. The number of aromatic amines is 1. The van der Waals surface area contributed by atoms with Gasteiger partial charge in [-0.15, -0.1) is 0 Å². The molecule has 1 atom stereocenters. The first-order valence-electron chi connectivity index (χ1n) is 10.6. The van der Waals surface area contributed by atoms with E-state index in [4.69, 9.17) is 5.73 Å². The number of benzene rings is 1. The average Bonchev–Trinajstić information content (AvgIpc) is 2.71. The van der Waals surface area contributed by atoms with Crippen molar-refractivity contribution in [3.05, 3.63) is 50.7 Å². The van der Waals surface area contributed by atoms with E-state index < -0.39 is 23.1 Å². The Morgan fingerprint density at radius 2 is 1.97 bits per heavy atom. The molecule has 0 bridgehead atoms. The second-order valence-corrected chi connectivity index (χ2v) is 8.23. The van der Waals surface area contributed by atoms with Gasteiger partial charge in [-0.2, -0.15) is 0 Å². The van der Waals surface area contributed by atoms with Crippen molar-refractivity contribution in [3.63, 3.8) is 0 Å². The lowest BCUT2D eigenvalue weighted by molar-refractivity contribution is -0.124. The van der Waals surface area contributed by atoms with Gasteiger partial charge in [0.15, 0.2) is 5.69 Å². The molecule has 1 aliphatic rings. The van der Waals surface area contributed by atoms with Crippen LogP contribution in [-0.4, -0.2) is 27.9 Å². The molecule has 31 heavy (non-hydrogen) atoms. The first kappa shape index (κ1) is 22.3. The summed E-state index contributed by atoms with van der Waals surface area (Å²) in [6.07, 6.45) is 1.50. The van der Waals surface area contributed by atoms with Crippen molar-refractivity contribution < 1.29 is 9.59 Å². The number of hydrogen-bond donors (Lipinski definition) is 3. The van der Waals surface area contributed by atoms with Gasteiger partial charge in [-0.1, -0.05) is 45.4 Å². The monoisotopic (exact) mass is 427 g/mol. The topological polar surface area (TPSA) is 130 Å². The van der Waals surface area contributed by atoms with E-state index in [1.54, 1.807) is 24.3 Å². The highest BCUT2D eigenvalue weighted by molar-refractivity contribution is 6.06. The summed E-state index contributed by atoms with van der Waals surface area (Å²) in [4.78, 5) is 54.7. The van der Waals surface area contributed by atoms with Crippen molar-refractivity contribution in [3.8, 4) is 0 Å². The van der Waals surface area contributed by atoms with E-state index >= 15 is 0 Å². The fourth-order valence-electron chi connectivity index (χ4n) is 3.85. The highest BCUT2D eigenvalue weighted by Crippen LogP contribution is 2.35. The Labute approximate surface area is 180 Å². The maximum atomic E-state index is 13.7. The molecule has 2 aromatic rings. The van der Waals surface area contributed by atoms with Gasteiger partial charge in [0.2, 0.25) is 11.8 Å². The Hall–Kier alpha value is -3.36. The van der Waals surface area contributed by atoms with Crippen molar-refractivity contribution >= 4 is 29.0 Å². The summed E-state index contributed by atoms with van der Waals surface area (Å²) in [5, 5.41) is 2.78. The smallest absolute Gasteiger partial charge is 0.330 e. The number of nitrogens with one attached hydrogen (secondary N) is 2. The molecule has 0 saturated carbocycles. The molecule has 1 aromatic carbocycles. The second kappa shape index (κ2) is 9.20. The van der Waals surface area contributed by atoms with Crippen LogP contribution in [0.4, 0.5) is 17.2 Å². The Bertz CT molecular complexity index is 1100. The Morgan fingerprint density at radius 3 is 2.65 bits per heavy atom. The number of unbranched alkanes of at least 4 members (excludes halogenated alkanes) is 1. The van der Waals surface area contributed by atoms with Crippen molar-refractivity contribution in [2.45, 2.75) is 52.5 Å². The van der Waals surface area contributed by atoms with E-state index in [1.807, 2.05) is 20.8 Å². The van der Waals surface area contributed by atoms with Crippen LogP contribution in [0.3, 0.4) is 0 Å². The normalized spacial score (nSPS) is 15.5. The summed E-state index contributed by atoms with van der Waals surface area (Å²) in [5.41, 5.74) is 6.18. The van der Waals surface area contributed by atoms with E-state index in [1.165, 1.54) is 9.47 Å². The minimum absolute atomic E-state index is 0.0198. The van der Waals surface area contributed by atoms with Crippen LogP contribution in [0.25, 0.3) is 0 Å². The highest BCUT2D eigenvalue weighted by Gasteiger charge is 2.36. The second-order valence-electron chi connectivity index (χ2n) is 8.23. The van der Waals surface area contributed by atoms with E-state index in [-0.39, 0.29) is 36.3 Å². The van der Waals surface area contributed by atoms with Crippen LogP contribution in [0, 0.1) is 5.92 Å². The van der Waals surface area contributed by atoms with E-state index in [0.717, 1.165) is 6.42 Å². The van der Waals surface area contributed by atoms with Gasteiger partial charge < -0.3 is 16.0 Å². The van der Waals surface area contributed by atoms with Gasteiger partial charge in [-0.3, -0.25) is 23.9 Å². The summed E-state index contributed by atoms with van der Waals surface area (Å²) in [7, 11) is 0. The first-order valence-corrected chi connectivity index (χ1v) is 10.6. The minimum Gasteiger partial charge on any atom is -0.383 e. The van der Waals surface area contributed by atoms with Crippen molar-refractivity contribution in [1.29, 1.82) is 0 Å². The number of nitrogen functional groups attached to an aromatic ring is 1. The Balaban J connectivity index is 2.12. The largest absolute Gasteiger partial charge is 0.383 e. The molecule has 0 saturated heterocycles. The predicted octanol–water partition coefficient (Wildman–Crippen LogP) is 2.03. The number of anilines is 3. The third kappa shape index (κ3) is 4.55. The number of hydrogen-bond acceptors (Lipinski definition) is 5. The summed E-state index contributed by atoms with van der Waals surface area (Å²) >= 11 is 0. The van der Waals surface area contributed by atoms with Crippen LogP contribution in [0.5, 0.6) is 0 Å². The summed E-state index contributed by atoms with van der Waals surface area (Å²) in [6, 6.07) is 7.12. The molecule has 2 amide bonds. The summed E-state index contributed by atoms with van der Waals surface area (Å²) < 4.78 is 1.29. The molecule has 4 N–H and O–H groups in total. The molecular formula is C22H29N5O4. The molecule has 9 nitrogen and oxygen atoms in total. The molecule has 166 valence electrons. The zero-order chi connectivity index (χ0) is 22.7. The van der Waals surface area contributed by atoms with Gasteiger partial charge in [0.05, 0.1) is 5.92 Å². The maximum Gasteiger partial charge on any atom is 0.330 e. The number of H-pyrrole nitrogens is 1. The molecule has 0 fully saturated rings. The lowest BCUT2D eigenvalue weighted by atomic mass is 9.89. The number of aromatic nitrogens is 2. The van der Waals surface area contributed by atoms with E-state index in [9.17, 15) is 19.2 Å². The van der Waals surface area contributed by atoms with Crippen LogP contribution in [0.2, 0.25) is 0 Å².